The number of piperazine rings is 1. The summed E-state index contributed by atoms with van der Waals surface area (Å²) in [5, 5.41) is 6.17. The molecule has 2 atom stereocenters. The Morgan fingerprint density at radius 2 is 1.12 bits per heavy atom. The van der Waals surface area contributed by atoms with Gasteiger partial charge in [0.1, 0.15) is 27.2 Å². The van der Waals surface area contributed by atoms with Crippen molar-refractivity contribution in [2.75, 3.05) is 58.1 Å². The highest BCUT2D eigenvalue weighted by molar-refractivity contribution is 7.85. The Bertz CT molecular complexity index is 2120. The van der Waals surface area contributed by atoms with Gasteiger partial charge in [0.25, 0.3) is 0 Å². The van der Waals surface area contributed by atoms with Crippen LogP contribution in [0.15, 0.2) is 82.6 Å². The molecule has 0 spiro atoms. The lowest BCUT2D eigenvalue weighted by Gasteiger charge is -2.36. The van der Waals surface area contributed by atoms with E-state index in [-0.39, 0.29) is 22.7 Å². The number of hydrogen-bond acceptors (Lipinski definition) is 10. The van der Waals surface area contributed by atoms with Gasteiger partial charge >= 0.3 is 0 Å². The Morgan fingerprint density at radius 1 is 0.620 bits per heavy atom. The lowest BCUT2D eigenvalue weighted by Crippen LogP contribution is -2.47. The lowest BCUT2D eigenvalue weighted by atomic mass is 10.2. The van der Waals surface area contributed by atoms with Gasteiger partial charge in [-0.2, -0.15) is 9.97 Å². The van der Waals surface area contributed by atoms with E-state index in [1.54, 1.807) is 30.3 Å². The first-order valence-corrected chi connectivity index (χ1v) is 18.8. The van der Waals surface area contributed by atoms with Gasteiger partial charge in [-0.05, 0) is 66.2 Å². The highest BCUT2D eigenvalue weighted by Crippen LogP contribution is 2.33. The Balaban J connectivity index is 0.000000176. The maximum Gasteiger partial charge on any atom is 0.227 e. The number of anilines is 6. The Labute approximate surface area is 296 Å². The first kappa shape index (κ1) is 33.9. The molecule has 0 saturated carbocycles. The van der Waals surface area contributed by atoms with E-state index in [1.165, 1.54) is 36.4 Å². The van der Waals surface area contributed by atoms with Crippen molar-refractivity contribution >= 4 is 67.8 Å². The summed E-state index contributed by atoms with van der Waals surface area (Å²) in [5.74, 6) is 1.48. The molecule has 0 radical (unpaired) electrons. The average molecular weight is 739 g/mol. The van der Waals surface area contributed by atoms with Gasteiger partial charge in [0.2, 0.25) is 11.2 Å². The minimum absolute atomic E-state index is 0.0940. The summed E-state index contributed by atoms with van der Waals surface area (Å²) in [7, 11) is -2.31. The van der Waals surface area contributed by atoms with Crippen molar-refractivity contribution in [3.63, 3.8) is 0 Å². The lowest BCUT2D eigenvalue weighted by molar-refractivity contribution is 0.617. The Hall–Kier alpha value is -4.60. The summed E-state index contributed by atoms with van der Waals surface area (Å²) in [4.78, 5) is 22.8. The van der Waals surface area contributed by atoms with E-state index in [9.17, 15) is 21.6 Å². The van der Waals surface area contributed by atoms with Crippen LogP contribution >= 0.6 is 11.6 Å². The topological polar surface area (TPSA) is 116 Å². The number of halogens is 4. The third kappa shape index (κ3) is 7.59. The summed E-state index contributed by atoms with van der Waals surface area (Å²) in [5.41, 5.74) is 3.40. The van der Waals surface area contributed by atoms with E-state index in [1.807, 2.05) is 6.07 Å². The molecule has 2 aromatic heterocycles. The second kappa shape index (κ2) is 14.7. The number of aryl methyl sites for hydroxylation is 2. The van der Waals surface area contributed by atoms with E-state index in [0.717, 1.165) is 11.4 Å². The average Bonchev–Trinajstić information content (AvgIpc) is 3.67. The van der Waals surface area contributed by atoms with Crippen molar-refractivity contribution < 1.29 is 21.6 Å². The van der Waals surface area contributed by atoms with Crippen molar-refractivity contribution in [2.24, 2.45) is 0 Å². The molecule has 3 aliphatic heterocycles. The number of rotatable bonds is 6. The van der Waals surface area contributed by atoms with E-state index in [4.69, 9.17) is 11.6 Å². The molecule has 1 saturated heterocycles. The van der Waals surface area contributed by atoms with Crippen molar-refractivity contribution in [2.45, 2.75) is 22.6 Å². The van der Waals surface area contributed by atoms with Crippen LogP contribution in [0.3, 0.4) is 0 Å². The number of aromatic nitrogens is 4. The first-order valence-electron chi connectivity index (χ1n) is 15.7. The molecule has 0 aliphatic carbocycles. The van der Waals surface area contributed by atoms with Gasteiger partial charge in [-0.25, -0.2) is 23.1 Å². The van der Waals surface area contributed by atoms with Gasteiger partial charge in [-0.3, -0.25) is 8.42 Å². The van der Waals surface area contributed by atoms with E-state index in [0.29, 0.717) is 95.0 Å². The maximum atomic E-state index is 13.6. The van der Waals surface area contributed by atoms with Gasteiger partial charge in [0, 0.05) is 67.6 Å². The molecule has 8 rings (SSSR count). The number of nitrogens with one attached hydrogen (secondary N) is 2. The monoisotopic (exact) mass is 738 g/mol. The predicted octanol–water partition coefficient (Wildman–Crippen LogP) is 6.17. The molecule has 5 heterocycles. The molecule has 258 valence electrons. The van der Waals surface area contributed by atoms with Crippen molar-refractivity contribution in [3.05, 3.63) is 107 Å². The molecule has 10 nitrogen and oxygen atoms in total. The van der Waals surface area contributed by atoms with Crippen molar-refractivity contribution in [1.82, 2.24) is 19.9 Å². The summed E-state index contributed by atoms with van der Waals surface area (Å²) >= 11 is 5.84. The number of benzene rings is 3. The molecule has 0 amide bonds. The highest BCUT2D eigenvalue weighted by atomic mass is 35.5. The molecule has 50 heavy (non-hydrogen) atoms. The van der Waals surface area contributed by atoms with Gasteiger partial charge < -0.3 is 20.4 Å². The van der Waals surface area contributed by atoms with Crippen LogP contribution in [0.1, 0.15) is 11.4 Å². The quantitative estimate of drug-likeness (QED) is 0.196. The molecule has 0 bridgehead atoms. The van der Waals surface area contributed by atoms with Crippen molar-refractivity contribution in [1.29, 1.82) is 0 Å². The zero-order chi connectivity index (χ0) is 34.8. The largest absolute Gasteiger partial charge is 0.368 e. The first-order chi connectivity index (χ1) is 24.2. The number of nitrogens with zero attached hydrogens (tertiary/aromatic N) is 6. The predicted molar refractivity (Wildman–Crippen MR) is 189 cm³/mol. The molecule has 1 fully saturated rings. The van der Waals surface area contributed by atoms with Crippen LogP contribution < -0.4 is 20.4 Å². The Kier molecular flexibility index (Phi) is 9.97. The van der Waals surface area contributed by atoms with E-state index < -0.39 is 21.6 Å². The number of hydrogen-bond donors (Lipinski definition) is 2. The zero-order valence-electron chi connectivity index (χ0n) is 26.4. The van der Waals surface area contributed by atoms with Crippen LogP contribution in [-0.4, -0.2) is 66.0 Å². The molecule has 2 N–H and O–H groups in total. The summed E-state index contributed by atoms with van der Waals surface area (Å²) in [6.45, 7) is 2.78. The van der Waals surface area contributed by atoms with Crippen LogP contribution in [0.2, 0.25) is 5.28 Å². The Morgan fingerprint density at radius 3 is 1.68 bits per heavy atom. The van der Waals surface area contributed by atoms with E-state index in [2.05, 4.69) is 40.4 Å². The zero-order valence-corrected chi connectivity index (χ0v) is 28.8. The standard InChI is InChI=1S/C22H21F2N5OS.C12H9ClFN3OS/c23-15-3-1-5-17(13-15)25-21-20-19(7-12-31(20)30)26-22(27-21)29-10-8-28(9-11-29)18-6-2-4-16(24)14-18;13-12-16-9-4-5-19(18)10(9)11(17-12)15-8-3-1-2-7(14)6-8/h1-6,13-14H,7-12H2,(H,25,26,27);1-3,6H,4-5H2,(H,15,16,17). The molecule has 5 aromatic rings. The minimum Gasteiger partial charge on any atom is -0.368 e. The highest BCUT2D eigenvalue weighted by Gasteiger charge is 2.29. The second-order valence-corrected chi connectivity index (χ2v) is 14.9. The fourth-order valence-corrected chi connectivity index (χ4v) is 8.70. The molecule has 3 aliphatic rings. The summed E-state index contributed by atoms with van der Waals surface area (Å²) < 4.78 is 64.8. The van der Waals surface area contributed by atoms with E-state index >= 15 is 0 Å². The minimum atomic E-state index is -1.18. The smallest absolute Gasteiger partial charge is 0.227 e. The van der Waals surface area contributed by atoms with Gasteiger partial charge in [-0.15, -0.1) is 0 Å². The van der Waals surface area contributed by atoms with Gasteiger partial charge in [0.05, 0.1) is 33.0 Å². The van der Waals surface area contributed by atoms with Crippen molar-refractivity contribution in [3.8, 4) is 0 Å². The fourth-order valence-electron chi connectivity index (χ4n) is 5.91. The van der Waals surface area contributed by atoms with Crippen LogP contribution in [0.4, 0.5) is 47.8 Å². The summed E-state index contributed by atoms with van der Waals surface area (Å²) in [6.07, 6.45) is 1.24. The summed E-state index contributed by atoms with van der Waals surface area (Å²) in [6, 6.07) is 18.7. The SMILES string of the molecule is O=S1CCc2nc(Cl)nc(Nc3cccc(F)c3)c21.O=S1CCc2nc(N3CCN(c4cccc(F)c4)CC3)nc(Nc3cccc(F)c3)c21. The fraction of sp³-hybridized carbons (Fsp3) is 0.235. The van der Waals surface area contributed by atoms with Crippen LogP contribution in [0, 0.1) is 17.5 Å². The molecular weight excluding hydrogens is 709 g/mol. The third-order valence-corrected chi connectivity index (χ3v) is 11.3. The third-order valence-electron chi connectivity index (χ3n) is 8.25. The normalized spacial score (nSPS) is 17.8. The van der Waals surface area contributed by atoms with Crippen LogP contribution in [0.25, 0.3) is 0 Å². The van der Waals surface area contributed by atoms with Crippen LogP contribution in [0.5, 0.6) is 0 Å². The number of fused-ring (bicyclic) bond motifs is 2. The van der Waals surface area contributed by atoms with Crippen LogP contribution in [-0.2, 0) is 34.4 Å². The molecule has 2 unspecified atom stereocenters. The molecular formula is C34H30ClF3N8O2S2. The second-order valence-electron chi connectivity index (χ2n) is 11.6. The molecule has 3 aromatic carbocycles. The van der Waals surface area contributed by atoms with Gasteiger partial charge in [0.15, 0.2) is 11.6 Å². The maximum absolute atomic E-state index is 13.6. The van der Waals surface area contributed by atoms with Gasteiger partial charge in [-0.1, -0.05) is 18.2 Å². The molecule has 16 heteroatoms.